The first-order chi connectivity index (χ1) is 4.84. The topological polar surface area (TPSA) is 37.4 Å². The highest BCUT2D eigenvalue weighted by Crippen LogP contribution is 2.23. The molecule has 1 rings (SSSR count). The lowest BCUT2D eigenvalue weighted by atomic mass is 10.1. The van der Waals surface area contributed by atoms with Crippen LogP contribution in [0.2, 0.25) is 0 Å². The zero-order chi connectivity index (χ0) is 8.70. The van der Waals surface area contributed by atoms with Gasteiger partial charge in [-0.1, -0.05) is 7.43 Å². The van der Waals surface area contributed by atoms with Gasteiger partial charge in [-0.2, -0.15) is 4.31 Å². The van der Waals surface area contributed by atoms with E-state index in [4.69, 9.17) is 0 Å². The van der Waals surface area contributed by atoms with E-state index in [0.29, 0.717) is 12.3 Å². The second-order valence-electron chi connectivity index (χ2n) is 3.91. The van der Waals surface area contributed by atoms with Gasteiger partial charge in [0.15, 0.2) is 0 Å². The molecule has 0 radical (unpaired) electrons. The molecule has 0 unspecified atom stereocenters. The quantitative estimate of drug-likeness (QED) is 0.584. The van der Waals surface area contributed by atoms with Gasteiger partial charge in [0.25, 0.3) is 0 Å². The Bertz CT molecular complexity index is 238. The summed E-state index contributed by atoms with van der Waals surface area (Å²) in [5.41, 5.74) is -0.241. The van der Waals surface area contributed by atoms with Gasteiger partial charge < -0.3 is 0 Å². The van der Waals surface area contributed by atoms with E-state index in [0.717, 1.165) is 6.42 Å². The smallest absolute Gasteiger partial charge is 0.212 e. The van der Waals surface area contributed by atoms with Gasteiger partial charge in [0, 0.05) is 12.1 Å². The Morgan fingerprint density at radius 3 is 1.92 bits per heavy atom. The van der Waals surface area contributed by atoms with Crippen LogP contribution in [-0.4, -0.2) is 30.6 Å². The Morgan fingerprint density at radius 1 is 1.25 bits per heavy atom. The minimum atomic E-state index is -2.91. The summed E-state index contributed by atoms with van der Waals surface area (Å²) in [5, 5.41) is 0. The van der Waals surface area contributed by atoms with Crippen molar-refractivity contribution in [1.82, 2.24) is 4.31 Å². The Labute approximate surface area is 75.8 Å². The Morgan fingerprint density at radius 2 is 1.75 bits per heavy atom. The van der Waals surface area contributed by atoms with Gasteiger partial charge in [0.2, 0.25) is 10.0 Å². The molecule has 0 N–H and O–H groups in total. The molecular formula is C8H19NO2S. The molecule has 0 saturated carbocycles. The SMILES string of the molecule is C.CC(C)(C)N1CCCS1(=O)=O. The molecule has 0 atom stereocenters. The van der Waals surface area contributed by atoms with E-state index < -0.39 is 10.0 Å². The van der Waals surface area contributed by atoms with Crippen LogP contribution in [0.25, 0.3) is 0 Å². The lowest BCUT2D eigenvalue weighted by Crippen LogP contribution is -2.42. The van der Waals surface area contributed by atoms with Gasteiger partial charge in [0.1, 0.15) is 0 Å². The Balaban J connectivity index is 0.00000121. The molecule has 74 valence electrons. The highest BCUT2D eigenvalue weighted by atomic mass is 32.2. The fourth-order valence-corrected chi connectivity index (χ4v) is 3.35. The maximum Gasteiger partial charge on any atom is 0.214 e. The summed E-state index contributed by atoms with van der Waals surface area (Å²) in [4.78, 5) is 0. The lowest BCUT2D eigenvalue weighted by molar-refractivity contribution is 0.267. The van der Waals surface area contributed by atoms with Crippen LogP contribution in [-0.2, 0) is 10.0 Å². The van der Waals surface area contributed by atoms with Crippen molar-refractivity contribution in [3.05, 3.63) is 0 Å². The normalized spacial score (nSPS) is 23.6. The molecule has 12 heavy (non-hydrogen) atoms. The van der Waals surface area contributed by atoms with Crippen LogP contribution in [0.3, 0.4) is 0 Å². The third-order valence-corrected chi connectivity index (χ3v) is 4.05. The van der Waals surface area contributed by atoms with E-state index >= 15 is 0 Å². The minimum absolute atomic E-state index is 0. The number of sulfonamides is 1. The second-order valence-corrected chi connectivity index (χ2v) is 5.93. The van der Waals surface area contributed by atoms with Crippen molar-refractivity contribution in [3.63, 3.8) is 0 Å². The zero-order valence-corrected chi connectivity index (χ0v) is 8.11. The average Bonchev–Trinajstić information content (AvgIpc) is 2.06. The molecule has 0 aromatic carbocycles. The predicted octanol–water partition coefficient (Wildman–Crippen LogP) is 1.46. The van der Waals surface area contributed by atoms with Crippen LogP contribution in [0.1, 0.15) is 34.6 Å². The first-order valence-corrected chi connectivity index (χ1v) is 5.45. The van der Waals surface area contributed by atoms with Gasteiger partial charge in [-0.05, 0) is 27.2 Å². The lowest BCUT2D eigenvalue weighted by Gasteiger charge is -2.29. The van der Waals surface area contributed by atoms with Crippen LogP contribution in [0.5, 0.6) is 0 Å². The summed E-state index contributed by atoms with van der Waals surface area (Å²) < 4.78 is 24.3. The number of hydrogen-bond acceptors (Lipinski definition) is 2. The Kier molecular flexibility index (Phi) is 3.32. The standard InChI is InChI=1S/C7H15NO2S.CH4/c1-7(2,3)8-5-4-6-11(8,9)10;/h4-6H2,1-3H3;1H4. The predicted molar refractivity (Wildman–Crippen MR) is 51.6 cm³/mol. The molecule has 1 aliphatic heterocycles. The van der Waals surface area contributed by atoms with E-state index in [9.17, 15) is 8.42 Å². The van der Waals surface area contributed by atoms with Crippen molar-refractivity contribution in [2.24, 2.45) is 0 Å². The summed E-state index contributed by atoms with van der Waals surface area (Å²) in [6.07, 6.45) is 0.777. The maximum absolute atomic E-state index is 11.3. The molecule has 0 bridgehead atoms. The van der Waals surface area contributed by atoms with Crippen molar-refractivity contribution in [2.45, 2.75) is 40.2 Å². The van der Waals surface area contributed by atoms with Crippen molar-refractivity contribution < 1.29 is 8.42 Å². The van der Waals surface area contributed by atoms with E-state index in [-0.39, 0.29) is 13.0 Å². The van der Waals surface area contributed by atoms with E-state index in [1.807, 2.05) is 20.8 Å². The van der Waals surface area contributed by atoms with Gasteiger partial charge in [0.05, 0.1) is 5.75 Å². The molecule has 0 spiro atoms. The number of nitrogens with zero attached hydrogens (tertiary/aromatic N) is 1. The van der Waals surface area contributed by atoms with E-state index in [1.54, 1.807) is 4.31 Å². The fraction of sp³-hybridized carbons (Fsp3) is 1.00. The van der Waals surface area contributed by atoms with Gasteiger partial charge in [-0.25, -0.2) is 8.42 Å². The molecule has 0 aromatic rings. The largest absolute Gasteiger partial charge is 0.214 e. The maximum atomic E-state index is 11.3. The zero-order valence-electron chi connectivity index (χ0n) is 7.29. The van der Waals surface area contributed by atoms with Gasteiger partial charge in [-0.3, -0.25) is 0 Å². The molecule has 1 saturated heterocycles. The van der Waals surface area contributed by atoms with E-state index in [2.05, 4.69) is 0 Å². The first kappa shape index (κ1) is 11.9. The third kappa shape index (κ3) is 2.20. The second kappa shape index (κ2) is 3.34. The highest BCUT2D eigenvalue weighted by Gasteiger charge is 2.36. The highest BCUT2D eigenvalue weighted by molar-refractivity contribution is 7.89. The molecule has 3 nitrogen and oxygen atoms in total. The minimum Gasteiger partial charge on any atom is -0.212 e. The van der Waals surface area contributed by atoms with Crippen molar-refractivity contribution in [3.8, 4) is 0 Å². The summed E-state index contributed by atoms with van der Waals surface area (Å²) in [7, 11) is -2.91. The fourth-order valence-electron chi connectivity index (χ4n) is 1.39. The van der Waals surface area contributed by atoms with Crippen LogP contribution in [0.4, 0.5) is 0 Å². The number of hydrogen-bond donors (Lipinski definition) is 0. The molecule has 0 aliphatic carbocycles. The van der Waals surface area contributed by atoms with E-state index in [1.165, 1.54) is 0 Å². The van der Waals surface area contributed by atoms with Crippen molar-refractivity contribution >= 4 is 10.0 Å². The summed E-state index contributed by atoms with van der Waals surface area (Å²) in [6, 6.07) is 0. The molecule has 0 amide bonds. The van der Waals surface area contributed by atoms with Gasteiger partial charge >= 0.3 is 0 Å². The first-order valence-electron chi connectivity index (χ1n) is 3.84. The molecule has 4 heteroatoms. The molecule has 1 aliphatic rings. The average molecular weight is 193 g/mol. The van der Waals surface area contributed by atoms with Gasteiger partial charge in [-0.15, -0.1) is 0 Å². The summed E-state index contributed by atoms with van der Waals surface area (Å²) >= 11 is 0. The molecule has 0 aromatic heterocycles. The van der Waals surface area contributed by atoms with Crippen molar-refractivity contribution in [1.29, 1.82) is 0 Å². The van der Waals surface area contributed by atoms with Crippen LogP contribution in [0, 0.1) is 0 Å². The van der Waals surface area contributed by atoms with Crippen molar-refractivity contribution in [2.75, 3.05) is 12.3 Å². The Hall–Kier alpha value is -0.0900. The third-order valence-electron chi connectivity index (χ3n) is 1.85. The monoisotopic (exact) mass is 193 g/mol. The van der Waals surface area contributed by atoms with Crippen LogP contribution in [0.15, 0.2) is 0 Å². The number of rotatable bonds is 0. The molecular weight excluding hydrogens is 174 g/mol. The summed E-state index contributed by atoms with van der Waals surface area (Å²) in [6.45, 7) is 6.47. The summed E-state index contributed by atoms with van der Waals surface area (Å²) in [5.74, 6) is 0.324. The van der Waals surface area contributed by atoms with Crippen LogP contribution < -0.4 is 0 Å². The molecule has 1 fully saturated rings. The molecule has 1 heterocycles. The van der Waals surface area contributed by atoms with Crippen LogP contribution >= 0.6 is 0 Å².